The van der Waals surface area contributed by atoms with E-state index in [1.54, 1.807) is 21.3 Å². The highest BCUT2D eigenvalue weighted by Gasteiger charge is 2.13. The Kier molecular flexibility index (Phi) is 8.65. The lowest BCUT2D eigenvalue weighted by Crippen LogP contribution is -2.17. The first-order valence-corrected chi connectivity index (χ1v) is 10.9. The summed E-state index contributed by atoms with van der Waals surface area (Å²) in [7, 11) is 4.91. The minimum atomic E-state index is 0.436. The molecule has 32 heavy (non-hydrogen) atoms. The first kappa shape index (κ1) is 23.8. The van der Waals surface area contributed by atoms with Crippen LogP contribution in [0.2, 0.25) is 5.02 Å². The lowest BCUT2D eigenvalue weighted by Gasteiger charge is -2.15. The number of hydrogen-bond acceptors (Lipinski definition) is 5. The van der Waals surface area contributed by atoms with E-state index in [2.05, 4.69) is 18.3 Å². The number of nitrogens with one attached hydrogen (secondary N) is 1. The third-order valence-electron chi connectivity index (χ3n) is 5.29. The van der Waals surface area contributed by atoms with Gasteiger partial charge in [0.25, 0.3) is 0 Å². The summed E-state index contributed by atoms with van der Waals surface area (Å²) in [6, 6.07) is 18.0. The summed E-state index contributed by atoms with van der Waals surface area (Å²) >= 11 is 6.53. The lowest BCUT2D eigenvalue weighted by molar-refractivity contribution is 0.284. The van der Waals surface area contributed by atoms with Crippen LogP contribution in [0.5, 0.6) is 23.0 Å². The molecule has 0 radical (unpaired) electrons. The number of aryl methyl sites for hydroxylation is 1. The van der Waals surface area contributed by atoms with Crippen LogP contribution in [0, 0.1) is 6.92 Å². The molecule has 0 atom stereocenters. The van der Waals surface area contributed by atoms with Crippen molar-refractivity contribution < 1.29 is 18.9 Å². The lowest BCUT2D eigenvalue weighted by atomic mass is 10.1. The van der Waals surface area contributed by atoms with E-state index in [4.69, 9.17) is 30.5 Å². The molecule has 0 fully saturated rings. The molecule has 0 unspecified atom stereocenters. The van der Waals surface area contributed by atoms with Crippen LogP contribution in [0.4, 0.5) is 0 Å². The Morgan fingerprint density at radius 1 is 0.812 bits per heavy atom. The summed E-state index contributed by atoms with van der Waals surface area (Å²) in [6.07, 6.45) is 0.864. The molecule has 3 rings (SSSR count). The van der Waals surface area contributed by atoms with Crippen molar-refractivity contribution in [3.63, 3.8) is 0 Å². The van der Waals surface area contributed by atoms with E-state index in [-0.39, 0.29) is 0 Å². The first-order chi connectivity index (χ1) is 15.5. The predicted molar refractivity (Wildman–Crippen MR) is 128 cm³/mol. The minimum Gasteiger partial charge on any atom is -0.493 e. The maximum Gasteiger partial charge on any atom is 0.180 e. The molecule has 0 aliphatic carbocycles. The van der Waals surface area contributed by atoms with Crippen molar-refractivity contribution in [1.29, 1.82) is 0 Å². The van der Waals surface area contributed by atoms with E-state index < -0.39 is 0 Å². The second-order valence-corrected chi connectivity index (χ2v) is 7.85. The molecular weight excluding hydrogens is 426 g/mol. The van der Waals surface area contributed by atoms with Crippen LogP contribution in [0.25, 0.3) is 0 Å². The molecule has 170 valence electrons. The van der Waals surface area contributed by atoms with Gasteiger partial charge in [-0.3, -0.25) is 0 Å². The molecule has 0 aliphatic rings. The van der Waals surface area contributed by atoms with E-state index in [1.165, 1.54) is 11.1 Å². The fourth-order valence-electron chi connectivity index (χ4n) is 3.44. The molecule has 0 heterocycles. The minimum absolute atomic E-state index is 0.436. The Morgan fingerprint density at radius 2 is 1.53 bits per heavy atom. The number of halogens is 1. The molecule has 0 bridgehead atoms. The van der Waals surface area contributed by atoms with E-state index in [0.29, 0.717) is 29.7 Å². The van der Waals surface area contributed by atoms with E-state index >= 15 is 0 Å². The van der Waals surface area contributed by atoms with Crippen LogP contribution in [-0.4, -0.2) is 27.9 Å². The second kappa shape index (κ2) is 11.7. The zero-order chi connectivity index (χ0) is 22.9. The van der Waals surface area contributed by atoms with Gasteiger partial charge in [-0.05, 0) is 66.4 Å². The maximum atomic E-state index is 6.53. The molecule has 0 saturated carbocycles. The van der Waals surface area contributed by atoms with Crippen molar-refractivity contribution in [1.82, 2.24) is 5.32 Å². The van der Waals surface area contributed by atoms with Gasteiger partial charge in [-0.2, -0.15) is 0 Å². The van der Waals surface area contributed by atoms with Gasteiger partial charge in [0.1, 0.15) is 6.61 Å². The summed E-state index contributed by atoms with van der Waals surface area (Å²) in [6.45, 7) is 3.97. The molecule has 6 heteroatoms. The van der Waals surface area contributed by atoms with Gasteiger partial charge in [0.15, 0.2) is 23.0 Å². The second-order valence-electron chi connectivity index (χ2n) is 7.44. The maximum absolute atomic E-state index is 6.53. The zero-order valence-corrected chi connectivity index (χ0v) is 19.8. The van der Waals surface area contributed by atoms with Gasteiger partial charge in [0, 0.05) is 6.54 Å². The van der Waals surface area contributed by atoms with Crippen LogP contribution in [0.1, 0.15) is 22.3 Å². The predicted octanol–water partition coefficient (Wildman–Crippen LogP) is 5.59. The van der Waals surface area contributed by atoms with Gasteiger partial charge >= 0.3 is 0 Å². The summed E-state index contributed by atoms with van der Waals surface area (Å²) in [5, 5.41) is 3.99. The quantitative estimate of drug-likeness (QED) is 0.382. The van der Waals surface area contributed by atoms with E-state index in [0.717, 1.165) is 35.6 Å². The highest BCUT2D eigenvalue weighted by Crippen LogP contribution is 2.37. The molecule has 0 aromatic heterocycles. The van der Waals surface area contributed by atoms with Gasteiger partial charge in [-0.25, -0.2) is 0 Å². The first-order valence-electron chi connectivity index (χ1n) is 10.5. The Morgan fingerprint density at radius 3 is 2.25 bits per heavy atom. The van der Waals surface area contributed by atoms with Crippen LogP contribution in [0.15, 0.2) is 54.6 Å². The Hall–Kier alpha value is -2.89. The van der Waals surface area contributed by atoms with Crippen molar-refractivity contribution >= 4 is 11.6 Å². The highest BCUT2D eigenvalue weighted by molar-refractivity contribution is 6.32. The largest absolute Gasteiger partial charge is 0.493 e. The molecule has 1 N–H and O–H groups in total. The van der Waals surface area contributed by atoms with E-state index in [1.807, 2.05) is 48.5 Å². The topological polar surface area (TPSA) is 49.0 Å². The SMILES string of the molecule is COc1ccc(CCNCc2cc(Cl)c(OCc3ccccc3C)c(OC)c2)cc1OC. The van der Waals surface area contributed by atoms with Crippen molar-refractivity contribution in [2.45, 2.75) is 26.5 Å². The summed E-state index contributed by atoms with van der Waals surface area (Å²) in [5.74, 6) is 2.66. The van der Waals surface area contributed by atoms with Gasteiger partial charge in [0.2, 0.25) is 0 Å². The summed E-state index contributed by atoms with van der Waals surface area (Å²) in [5.41, 5.74) is 4.50. The average molecular weight is 456 g/mol. The number of benzene rings is 3. The number of ether oxygens (including phenoxy) is 4. The monoisotopic (exact) mass is 455 g/mol. The average Bonchev–Trinajstić information content (AvgIpc) is 2.81. The molecule has 5 nitrogen and oxygen atoms in total. The van der Waals surface area contributed by atoms with Crippen molar-refractivity contribution in [3.8, 4) is 23.0 Å². The Bertz CT molecular complexity index is 1040. The molecule has 3 aromatic carbocycles. The smallest absolute Gasteiger partial charge is 0.180 e. The fraction of sp³-hybridized carbons (Fsp3) is 0.308. The number of methoxy groups -OCH3 is 3. The third kappa shape index (κ3) is 6.09. The van der Waals surface area contributed by atoms with Gasteiger partial charge in [-0.15, -0.1) is 0 Å². The molecule has 0 saturated heterocycles. The van der Waals surface area contributed by atoms with Gasteiger partial charge < -0.3 is 24.3 Å². The van der Waals surface area contributed by atoms with Crippen molar-refractivity contribution in [2.24, 2.45) is 0 Å². The summed E-state index contributed by atoms with van der Waals surface area (Å²) < 4.78 is 22.2. The Labute approximate surface area is 195 Å². The molecule has 0 spiro atoms. The molecular formula is C26H30ClNO4. The molecule has 0 aliphatic heterocycles. The van der Waals surface area contributed by atoms with Crippen molar-refractivity contribution in [3.05, 3.63) is 81.9 Å². The fourth-order valence-corrected chi connectivity index (χ4v) is 3.73. The summed E-state index contributed by atoms with van der Waals surface area (Å²) in [4.78, 5) is 0. The molecule has 3 aromatic rings. The number of hydrogen-bond donors (Lipinski definition) is 1. The van der Waals surface area contributed by atoms with Gasteiger partial charge in [0.05, 0.1) is 26.4 Å². The van der Waals surface area contributed by atoms with Gasteiger partial charge in [-0.1, -0.05) is 41.9 Å². The highest BCUT2D eigenvalue weighted by atomic mass is 35.5. The van der Waals surface area contributed by atoms with Crippen molar-refractivity contribution in [2.75, 3.05) is 27.9 Å². The van der Waals surface area contributed by atoms with Crippen LogP contribution < -0.4 is 24.3 Å². The van der Waals surface area contributed by atoms with E-state index in [9.17, 15) is 0 Å². The number of rotatable bonds is 11. The van der Waals surface area contributed by atoms with Crippen LogP contribution in [-0.2, 0) is 19.6 Å². The molecule has 0 amide bonds. The Balaban J connectivity index is 1.58. The normalized spacial score (nSPS) is 10.7. The van der Waals surface area contributed by atoms with Crippen LogP contribution >= 0.6 is 11.6 Å². The standard InChI is InChI=1S/C26H30ClNO4/c1-18-7-5-6-8-21(18)17-32-26-22(27)13-20(15-25(26)31-4)16-28-12-11-19-9-10-23(29-2)24(14-19)30-3/h5-10,13-15,28H,11-12,16-17H2,1-4H3. The zero-order valence-electron chi connectivity index (χ0n) is 19.0. The third-order valence-corrected chi connectivity index (χ3v) is 5.57. The van der Waals surface area contributed by atoms with Crippen LogP contribution in [0.3, 0.4) is 0 Å².